The van der Waals surface area contributed by atoms with Crippen molar-refractivity contribution in [2.45, 2.75) is 13.2 Å². The van der Waals surface area contributed by atoms with Gasteiger partial charge in [0.15, 0.2) is 0 Å². The van der Waals surface area contributed by atoms with Crippen LogP contribution in [0.3, 0.4) is 0 Å². The zero-order valence-corrected chi connectivity index (χ0v) is 17.7. The SMILES string of the molecule is O=C(O)c1cc(NCc2cc(Br)ccc2OCc2ccccc2Cl)ccc1Cl. The van der Waals surface area contributed by atoms with Gasteiger partial charge in [-0.2, -0.15) is 0 Å². The maximum atomic E-state index is 11.2. The van der Waals surface area contributed by atoms with Crippen molar-refractivity contribution >= 4 is 50.8 Å². The van der Waals surface area contributed by atoms with Gasteiger partial charge in [-0.05, 0) is 42.5 Å². The third-order valence-electron chi connectivity index (χ3n) is 4.04. The van der Waals surface area contributed by atoms with E-state index in [1.165, 1.54) is 6.07 Å². The molecular formula is C21H16BrCl2NO3. The Hall–Kier alpha value is -2.21. The highest BCUT2D eigenvalue weighted by atomic mass is 79.9. The summed E-state index contributed by atoms with van der Waals surface area (Å²) in [6.45, 7) is 0.788. The number of benzene rings is 3. The highest BCUT2D eigenvalue weighted by Crippen LogP contribution is 2.27. The standard InChI is InChI=1S/C21H16BrCl2NO3/c22-15-5-8-20(28-12-13-3-1-2-4-18(13)23)14(9-15)11-25-16-6-7-19(24)17(10-16)21(26)27/h1-10,25H,11-12H2,(H,26,27). The summed E-state index contributed by atoms with van der Waals surface area (Å²) < 4.78 is 6.88. The van der Waals surface area contributed by atoms with E-state index in [0.717, 1.165) is 15.6 Å². The van der Waals surface area contributed by atoms with Gasteiger partial charge in [0.25, 0.3) is 0 Å². The minimum Gasteiger partial charge on any atom is -0.488 e. The van der Waals surface area contributed by atoms with E-state index in [-0.39, 0.29) is 10.6 Å². The first-order valence-corrected chi connectivity index (χ1v) is 9.90. The van der Waals surface area contributed by atoms with Crippen molar-refractivity contribution in [2.75, 3.05) is 5.32 Å². The Morgan fingerprint density at radius 3 is 2.54 bits per heavy atom. The molecular weight excluding hydrogens is 465 g/mol. The molecule has 0 bridgehead atoms. The molecule has 3 rings (SSSR count). The maximum Gasteiger partial charge on any atom is 0.337 e. The number of ether oxygens (including phenoxy) is 1. The van der Waals surface area contributed by atoms with Crippen LogP contribution in [-0.4, -0.2) is 11.1 Å². The molecule has 2 N–H and O–H groups in total. The van der Waals surface area contributed by atoms with Gasteiger partial charge in [-0.1, -0.05) is 57.3 Å². The summed E-state index contributed by atoms with van der Waals surface area (Å²) in [5.41, 5.74) is 2.51. The molecule has 0 unspecified atom stereocenters. The number of carboxylic acids is 1. The molecule has 4 nitrogen and oxygen atoms in total. The van der Waals surface area contributed by atoms with Crippen LogP contribution in [0.25, 0.3) is 0 Å². The Bertz CT molecular complexity index is 1010. The summed E-state index contributed by atoms with van der Waals surface area (Å²) in [4.78, 5) is 11.2. The Kier molecular flexibility index (Phi) is 6.83. The molecule has 0 heterocycles. The minimum atomic E-state index is -1.07. The van der Waals surface area contributed by atoms with E-state index in [0.29, 0.717) is 29.6 Å². The van der Waals surface area contributed by atoms with Gasteiger partial charge < -0.3 is 15.2 Å². The highest BCUT2D eigenvalue weighted by Gasteiger charge is 2.11. The fourth-order valence-electron chi connectivity index (χ4n) is 2.59. The molecule has 0 fully saturated rings. The molecule has 0 saturated heterocycles. The highest BCUT2D eigenvalue weighted by molar-refractivity contribution is 9.10. The molecule has 3 aromatic rings. The number of hydrogen-bond acceptors (Lipinski definition) is 3. The molecule has 0 amide bonds. The normalized spacial score (nSPS) is 10.5. The van der Waals surface area contributed by atoms with Crippen molar-refractivity contribution < 1.29 is 14.6 Å². The largest absolute Gasteiger partial charge is 0.488 e. The predicted molar refractivity (Wildman–Crippen MR) is 116 cm³/mol. The Morgan fingerprint density at radius 1 is 1.00 bits per heavy atom. The molecule has 0 aliphatic heterocycles. The molecule has 0 atom stereocenters. The molecule has 0 aliphatic rings. The van der Waals surface area contributed by atoms with Crippen LogP contribution in [-0.2, 0) is 13.2 Å². The summed E-state index contributed by atoms with van der Waals surface area (Å²) in [6, 6.07) is 18.0. The van der Waals surface area contributed by atoms with Gasteiger partial charge in [0.05, 0.1) is 10.6 Å². The number of carbonyl (C=O) groups is 1. The van der Waals surface area contributed by atoms with Crippen LogP contribution in [0.4, 0.5) is 5.69 Å². The zero-order valence-electron chi connectivity index (χ0n) is 14.6. The van der Waals surface area contributed by atoms with Crippen molar-refractivity contribution in [3.05, 3.63) is 91.9 Å². The summed E-state index contributed by atoms with van der Waals surface area (Å²) in [5, 5.41) is 13.3. The molecule has 0 saturated carbocycles. The molecule has 144 valence electrons. The van der Waals surface area contributed by atoms with Crippen molar-refractivity contribution in [1.29, 1.82) is 0 Å². The topological polar surface area (TPSA) is 58.6 Å². The average Bonchev–Trinajstić information content (AvgIpc) is 2.67. The second-order valence-corrected chi connectivity index (χ2v) is 7.72. The lowest BCUT2D eigenvalue weighted by Crippen LogP contribution is -2.05. The Labute approximate surface area is 181 Å². The van der Waals surface area contributed by atoms with Crippen LogP contribution in [0, 0.1) is 0 Å². The number of rotatable bonds is 7. The van der Waals surface area contributed by atoms with Crippen LogP contribution < -0.4 is 10.1 Å². The summed E-state index contributed by atoms with van der Waals surface area (Å²) in [7, 11) is 0. The van der Waals surface area contributed by atoms with E-state index in [1.807, 2.05) is 42.5 Å². The quantitative estimate of drug-likeness (QED) is 0.397. The van der Waals surface area contributed by atoms with Crippen molar-refractivity contribution in [3.63, 3.8) is 0 Å². The van der Waals surface area contributed by atoms with E-state index < -0.39 is 5.97 Å². The number of hydrogen-bond donors (Lipinski definition) is 2. The molecule has 7 heteroatoms. The van der Waals surface area contributed by atoms with Crippen molar-refractivity contribution in [2.24, 2.45) is 0 Å². The minimum absolute atomic E-state index is 0.0519. The smallest absolute Gasteiger partial charge is 0.337 e. The molecule has 0 aromatic heterocycles. The number of carboxylic acid groups (broad SMARTS) is 1. The zero-order chi connectivity index (χ0) is 20.1. The monoisotopic (exact) mass is 479 g/mol. The second kappa shape index (κ2) is 9.32. The first kappa shape index (κ1) is 20.5. The maximum absolute atomic E-state index is 11.2. The first-order chi connectivity index (χ1) is 13.4. The lowest BCUT2D eigenvalue weighted by molar-refractivity contribution is 0.0697. The number of anilines is 1. The van der Waals surface area contributed by atoms with Crippen LogP contribution in [0.2, 0.25) is 10.0 Å². The predicted octanol–water partition coefficient (Wildman–Crippen LogP) is 6.65. The summed E-state index contributed by atoms with van der Waals surface area (Å²) in [6.07, 6.45) is 0. The van der Waals surface area contributed by atoms with E-state index >= 15 is 0 Å². The molecule has 0 spiro atoms. The third kappa shape index (κ3) is 5.19. The Morgan fingerprint density at radius 2 is 1.79 bits per heavy atom. The fourth-order valence-corrected chi connectivity index (χ4v) is 3.39. The molecule has 0 aliphatic carbocycles. The van der Waals surface area contributed by atoms with Gasteiger partial charge in [0, 0.05) is 32.9 Å². The molecule has 3 aromatic carbocycles. The summed E-state index contributed by atoms with van der Waals surface area (Å²) >= 11 is 15.6. The van der Waals surface area contributed by atoms with Gasteiger partial charge in [-0.3, -0.25) is 0 Å². The van der Waals surface area contributed by atoms with Gasteiger partial charge in [-0.15, -0.1) is 0 Å². The van der Waals surface area contributed by atoms with Gasteiger partial charge >= 0.3 is 5.97 Å². The third-order valence-corrected chi connectivity index (χ3v) is 5.23. The Balaban J connectivity index is 1.75. The fraction of sp³-hybridized carbons (Fsp3) is 0.0952. The number of nitrogens with one attached hydrogen (secondary N) is 1. The van der Waals surface area contributed by atoms with Crippen molar-refractivity contribution in [1.82, 2.24) is 0 Å². The van der Waals surface area contributed by atoms with Gasteiger partial charge in [0.1, 0.15) is 12.4 Å². The number of halogens is 3. The van der Waals surface area contributed by atoms with Crippen LogP contribution in [0.15, 0.2) is 65.1 Å². The summed E-state index contributed by atoms with van der Waals surface area (Å²) in [5.74, 6) is -0.358. The first-order valence-electron chi connectivity index (χ1n) is 8.35. The van der Waals surface area contributed by atoms with Gasteiger partial charge in [0.2, 0.25) is 0 Å². The van der Waals surface area contributed by atoms with E-state index in [1.54, 1.807) is 12.1 Å². The van der Waals surface area contributed by atoms with Gasteiger partial charge in [-0.25, -0.2) is 4.79 Å². The van der Waals surface area contributed by atoms with Crippen LogP contribution >= 0.6 is 39.1 Å². The lowest BCUT2D eigenvalue weighted by atomic mass is 10.1. The average molecular weight is 481 g/mol. The number of aromatic carboxylic acids is 1. The second-order valence-electron chi connectivity index (χ2n) is 5.99. The lowest BCUT2D eigenvalue weighted by Gasteiger charge is -2.14. The van der Waals surface area contributed by atoms with Crippen LogP contribution in [0.1, 0.15) is 21.5 Å². The molecule has 0 radical (unpaired) electrons. The van der Waals surface area contributed by atoms with E-state index in [4.69, 9.17) is 27.9 Å². The van der Waals surface area contributed by atoms with Crippen molar-refractivity contribution in [3.8, 4) is 5.75 Å². The van der Waals surface area contributed by atoms with Crippen LogP contribution in [0.5, 0.6) is 5.75 Å². The molecule has 28 heavy (non-hydrogen) atoms. The van der Waals surface area contributed by atoms with E-state index in [2.05, 4.69) is 21.2 Å². The van der Waals surface area contributed by atoms with E-state index in [9.17, 15) is 9.90 Å².